The second kappa shape index (κ2) is 6.00. The highest BCUT2D eigenvalue weighted by Crippen LogP contribution is 2.07. The van der Waals surface area contributed by atoms with E-state index in [1.165, 1.54) is 19.0 Å². The molecule has 0 saturated heterocycles. The second-order valence-corrected chi connectivity index (χ2v) is 2.78. The SMILES string of the molecule is CB(O)c1ccc(Cl)cc1F.CC. The molecule has 0 radical (unpaired) electrons. The van der Waals surface area contributed by atoms with Crippen molar-refractivity contribution in [3.63, 3.8) is 0 Å². The molecule has 0 aliphatic rings. The van der Waals surface area contributed by atoms with Gasteiger partial charge >= 0.3 is 6.92 Å². The molecular weight excluding hydrogens is 189 g/mol. The number of hydrogen-bond donors (Lipinski definition) is 1. The summed E-state index contributed by atoms with van der Waals surface area (Å²) in [6.07, 6.45) is 0. The molecule has 1 rings (SSSR count). The Morgan fingerprint density at radius 3 is 2.31 bits per heavy atom. The molecule has 0 bridgehead atoms. The summed E-state index contributed by atoms with van der Waals surface area (Å²) in [4.78, 5) is 0. The van der Waals surface area contributed by atoms with Gasteiger partial charge in [0.05, 0.1) is 0 Å². The Bertz CT molecular complexity index is 266. The van der Waals surface area contributed by atoms with Crippen molar-refractivity contribution in [2.75, 3.05) is 0 Å². The van der Waals surface area contributed by atoms with E-state index in [9.17, 15) is 4.39 Å². The summed E-state index contributed by atoms with van der Waals surface area (Å²) in [5.41, 5.74) is 0.273. The van der Waals surface area contributed by atoms with Crippen LogP contribution in [0.15, 0.2) is 18.2 Å². The lowest BCUT2D eigenvalue weighted by atomic mass is 9.64. The number of halogens is 2. The third-order valence-corrected chi connectivity index (χ3v) is 1.65. The first-order valence-corrected chi connectivity index (χ1v) is 4.62. The smallest absolute Gasteiger partial charge is 0.323 e. The molecule has 0 amide bonds. The molecule has 0 aliphatic carbocycles. The molecule has 72 valence electrons. The molecule has 4 heteroatoms. The molecule has 0 aromatic heterocycles. The normalized spacial score (nSPS) is 8.77. The van der Waals surface area contributed by atoms with Gasteiger partial charge in [-0.05, 0) is 17.6 Å². The van der Waals surface area contributed by atoms with Crippen molar-refractivity contribution in [2.45, 2.75) is 20.7 Å². The van der Waals surface area contributed by atoms with Crippen LogP contribution in [0.4, 0.5) is 4.39 Å². The van der Waals surface area contributed by atoms with Crippen LogP contribution in [0.2, 0.25) is 11.8 Å². The summed E-state index contributed by atoms with van der Waals surface area (Å²) in [5, 5.41) is 9.35. The fourth-order valence-corrected chi connectivity index (χ4v) is 0.999. The lowest BCUT2D eigenvalue weighted by molar-refractivity contribution is 0.584. The summed E-state index contributed by atoms with van der Waals surface area (Å²) < 4.78 is 12.9. The predicted molar refractivity (Wildman–Crippen MR) is 56.2 cm³/mol. The highest BCUT2D eigenvalue weighted by Gasteiger charge is 2.11. The monoisotopic (exact) mass is 202 g/mol. The molecular formula is C9H13BClFO. The molecule has 1 N–H and O–H groups in total. The summed E-state index contributed by atoms with van der Waals surface area (Å²) in [5.74, 6) is -0.465. The third kappa shape index (κ3) is 3.79. The van der Waals surface area contributed by atoms with Gasteiger partial charge in [-0.25, -0.2) is 4.39 Å². The molecule has 1 aromatic carbocycles. The maximum Gasteiger partial charge on any atom is 0.323 e. The van der Waals surface area contributed by atoms with Gasteiger partial charge in [-0.1, -0.05) is 38.3 Å². The number of benzene rings is 1. The van der Waals surface area contributed by atoms with Crippen LogP contribution in [-0.4, -0.2) is 11.9 Å². The van der Waals surface area contributed by atoms with E-state index in [0.29, 0.717) is 5.02 Å². The van der Waals surface area contributed by atoms with Crippen molar-refractivity contribution in [1.29, 1.82) is 0 Å². The molecule has 0 fully saturated rings. The van der Waals surface area contributed by atoms with Gasteiger partial charge in [-0.15, -0.1) is 0 Å². The van der Waals surface area contributed by atoms with E-state index in [1.54, 1.807) is 6.07 Å². The van der Waals surface area contributed by atoms with Crippen LogP contribution in [0, 0.1) is 5.82 Å². The Morgan fingerprint density at radius 2 is 1.92 bits per heavy atom. The van der Waals surface area contributed by atoms with E-state index in [-0.39, 0.29) is 5.46 Å². The minimum atomic E-state index is -0.785. The van der Waals surface area contributed by atoms with Crippen molar-refractivity contribution in [1.82, 2.24) is 0 Å². The highest BCUT2D eigenvalue weighted by molar-refractivity contribution is 6.64. The highest BCUT2D eigenvalue weighted by atomic mass is 35.5. The van der Waals surface area contributed by atoms with Gasteiger partial charge in [0, 0.05) is 5.02 Å². The van der Waals surface area contributed by atoms with Crippen LogP contribution >= 0.6 is 11.6 Å². The topological polar surface area (TPSA) is 20.2 Å². The van der Waals surface area contributed by atoms with E-state index in [4.69, 9.17) is 16.6 Å². The van der Waals surface area contributed by atoms with E-state index in [0.717, 1.165) is 0 Å². The first-order valence-electron chi connectivity index (χ1n) is 4.24. The van der Waals surface area contributed by atoms with Crippen LogP contribution in [0.5, 0.6) is 0 Å². The fraction of sp³-hybridized carbons (Fsp3) is 0.333. The molecule has 13 heavy (non-hydrogen) atoms. The fourth-order valence-electron chi connectivity index (χ4n) is 0.840. The molecule has 0 atom stereocenters. The minimum absolute atomic E-state index is 0.273. The van der Waals surface area contributed by atoms with Crippen LogP contribution in [0.1, 0.15) is 13.8 Å². The first kappa shape index (κ1) is 12.5. The van der Waals surface area contributed by atoms with Crippen molar-refractivity contribution < 1.29 is 9.41 Å². The van der Waals surface area contributed by atoms with E-state index in [1.807, 2.05) is 13.8 Å². The Hall–Kier alpha value is -0.535. The molecule has 1 nitrogen and oxygen atoms in total. The zero-order valence-corrected chi connectivity index (χ0v) is 8.77. The van der Waals surface area contributed by atoms with E-state index in [2.05, 4.69) is 0 Å². The number of hydrogen-bond acceptors (Lipinski definition) is 1. The molecule has 0 saturated carbocycles. The summed E-state index contributed by atoms with van der Waals surface area (Å²) in [6.45, 7) is 4.72. The third-order valence-electron chi connectivity index (χ3n) is 1.41. The summed E-state index contributed by atoms with van der Waals surface area (Å²) >= 11 is 5.50. The van der Waals surface area contributed by atoms with Crippen LogP contribution < -0.4 is 5.46 Å². The van der Waals surface area contributed by atoms with Gasteiger partial charge in [0.15, 0.2) is 0 Å². The maximum absolute atomic E-state index is 12.9. The van der Waals surface area contributed by atoms with Gasteiger partial charge in [0.2, 0.25) is 0 Å². The first-order chi connectivity index (χ1) is 6.11. The number of rotatable bonds is 1. The molecule has 1 aromatic rings. The van der Waals surface area contributed by atoms with E-state index < -0.39 is 12.7 Å². The van der Waals surface area contributed by atoms with Crippen molar-refractivity contribution >= 4 is 24.0 Å². The zero-order valence-electron chi connectivity index (χ0n) is 8.01. The maximum atomic E-state index is 12.9. The lowest BCUT2D eigenvalue weighted by Gasteiger charge is -2.01. The van der Waals surface area contributed by atoms with Gasteiger partial charge in [0.1, 0.15) is 5.82 Å². The molecule has 0 unspecified atom stereocenters. The zero-order chi connectivity index (χ0) is 10.4. The van der Waals surface area contributed by atoms with Crippen molar-refractivity contribution in [3.05, 3.63) is 29.0 Å². The van der Waals surface area contributed by atoms with Gasteiger partial charge < -0.3 is 5.02 Å². The summed E-state index contributed by atoms with van der Waals surface area (Å²) in [7, 11) is 0. The van der Waals surface area contributed by atoms with Crippen LogP contribution in [0.25, 0.3) is 0 Å². The Morgan fingerprint density at radius 1 is 1.38 bits per heavy atom. The van der Waals surface area contributed by atoms with Crippen LogP contribution in [0.3, 0.4) is 0 Å². The largest absolute Gasteiger partial charge is 0.446 e. The average molecular weight is 202 g/mol. The quantitative estimate of drug-likeness (QED) is 0.693. The second-order valence-electron chi connectivity index (χ2n) is 2.34. The lowest BCUT2D eigenvalue weighted by Crippen LogP contribution is -2.29. The predicted octanol–water partition coefficient (Wildman–Crippen LogP) is 2.33. The van der Waals surface area contributed by atoms with Crippen LogP contribution in [-0.2, 0) is 0 Å². The Kier molecular flexibility index (Phi) is 5.75. The average Bonchev–Trinajstić information content (AvgIpc) is 2.07. The van der Waals surface area contributed by atoms with Gasteiger partial charge in [-0.3, -0.25) is 0 Å². The van der Waals surface area contributed by atoms with Gasteiger partial charge in [-0.2, -0.15) is 0 Å². The molecule has 0 spiro atoms. The van der Waals surface area contributed by atoms with Gasteiger partial charge in [0.25, 0.3) is 0 Å². The van der Waals surface area contributed by atoms with Crippen molar-refractivity contribution in [2.24, 2.45) is 0 Å². The minimum Gasteiger partial charge on any atom is -0.446 e. The van der Waals surface area contributed by atoms with Crippen molar-refractivity contribution in [3.8, 4) is 0 Å². The standard InChI is InChI=1S/C7H7BClFO.C2H6/c1-8(11)6-3-2-5(9)4-7(6)10;1-2/h2-4,11H,1H3;1-2H3. The Labute approximate surface area is 83.7 Å². The molecule has 0 heterocycles. The van der Waals surface area contributed by atoms with E-state index >= 15 is 0 Å². The Balaban J connectivity index is 0.000000671. The summed E-state index contributed by atoms with van der Waals surface area (Å²) in [6, 6.07) is 4.21. The molecule has 0 aliphatic heterocycles.